The van der Waals surface area contributed by atoms with Crippen LogP contribution in [0.2, 0.25) is 0 Å². The van der Waals surface area contributed by atoms with E-state index < -0.39 is 37.7 Å². The Hall–Kier alpha value is 0.580. The lowest BCUT2D eigenvalue weighted by molar-refractivity contribution is -0.203. The fourth-order valence-electron chi connectivity index (χ4n) is 3.33. The molecule has 1 aliphatic heterocycles. The second-order valence-electron chi connectivity index (χ2n) is 5.88. The summed E-state index contributed by atoms with van der Waals surface area (Å²) in [6, 6.07) is 0. The molecular formula is C13H11Cl6NO3. The number of imide groups is 1. The molecule has 0 aromatic rings. The predicted octanol–water partition coefficient (Wildman–Crippen LogP) is 4.16. The largest absolute Gasteiger partial charge is 0.272 e. The van der Waals surface area contributed by atoms with Crippen molar-refractivity contribution >= 4 is 81.4 Å². The molecule has 128 valence electrons. The molecule has 0 N–H and O–H groups in total. The molecule has 1 heterocycles. The van der Waals surface area contributed by atoms with Crippen molar-refractivity contribution in [3.05, 3.63) is 10.1 Å². The number of nitrogens with zero attached hydrogens (tertiary/aromatic N) is 1. The maximum atomic E-state index is 12.7. The van der Waals surface area contributed by atoms with Gasteiger partial charge in [-0.15, -0.1) is 23.2 Å². The summed E-state index contributed by atoms with van der Waals surface area (Å²) >= 11 is 38.1. The molecule has 3 aliphatic rings. The monoisotopic (exact) mass is 439 g/mol. The van der Waals surface area contributed by atoms with Gasteiger partial charge in [-0.25, -0.2) is 0 Å². The van der Waals surface area contributed by atoms with Crippen LogP contribution in [0, 0.1) is 11.8 Å². The van der Waals surface area contributed by atoms with Gasteiger partial charge < -0.3 is 0 Å². The zero-order chi connectivity index (χ0) is 17.5. The van der Waals surface area contributed by atoms with Crippen LogP contribution < -0.4 is 0 Å². The van der Waals surface area contributed by atoms with Gasteiger partial charge in [0.15, 0.2) is 4.33 Å². The quantitative estimate of drug-likeness (QED) is 0.488. The lowest BCUT2D eigenvalue weighted by atomic mass is 9.84. The van der Waals surface area contributed by atoms with E-state index in [1.807, 2.05) is 6.92 Å². The van der Waals surface area contributed by atoms with Crippen LogP contribution in [0.4, 0.5) is 0 Å². The van der Waals surface area contributed by atoms with Crippen LogP contribution >= 0.6 is 69.6 Å². The Morgan fingerprint density at radius 1 is 1.04 bits per heavy atom. The van der Waals surface area contributed by atoms with Crippen LogP contribution in [0.15, 0.2) is 10.1 Å². The number of amides is 2. The molecular weight excluding hydrogens is 431 g/mol. The van der Waals surface area contributed by atoms with Crippen LogP contribution in [0.25, 0.3) is 0 Å². The van der Waals surface area contributed by atoms with Gasteiger partial charge in [0.1, 0.15) is 9.75 Å². The summed E-state index contributed by atoms with van der Waals surface area (Å²) in [4.78, 5) is 27.3. The fraction of sp³-hybridized carbons (Fsp3) is 0.692. The predicted molar refractivity (Wildman–Crippen MR) is 90.0 cm³/mol. The Labute approximate surface area is 162 Å². The summed E-state index contributed by atoms with van der Waals surface area (Å²) < 4.78 is -1.92. The van der Waals surface area contributed by atoms with Gasteiger partial charge in [0, 0.05) is 0 Å². The highest BCUT2D eigenvalue weighted by Gasteiger charge is 2.87. The molecule has 2 bridgehead atoms. The van der Waals surface area contributed by atoms with E-state index in [1.54, 1.807) is 6.92 Å². The van der Waals surface area contributed by atoms with E-state index in [2.05, 4.69) is 0 Å². The van der Waals surface area contributed by atoms with E-state index >= 15 is 0 Å². The number of rotatable bonds is 3. The number of carbonyl (C=O) groups is 2. The molecule has 0 aromatic carbocycles. The van der Waals surface area contributed by atoms with Crippen LogP contribution in [0.5, 0.6) is 0 Å². The standard InChI is InChI=1S/C13H11Cl6NO3/c1-3-4(2)23-20-9(21)5-6(10(20)22)12(17)8(15)7(14)11(5,16)13(12,18)19/h4-6H,3H2,1-2H3/t4-,5-,6+,11+,12+/m0/s1. The van der Waals surface area contributed by atoms with Crippen molar-refractivity contribution in [3.63, 3.8) is 0 Å². The Balaban J connectivity index is 2.13. The van der Waals surface area contributed by atoms with Gasteiger partial charge in [-0.2, -0.15) is 5.06 Å². The first kappa shape index (κ1) is 18.4. The average molecular weight is 442 g/mol. The molecule has 0 spiro atoms. The normalized spacial score (nSPS) is 42.7. The highest BCUT2D eigenvalue weighted by Crippen LogP contribution is 2.77. The molecule has 5 atom stereocenters. The molecule has 2 aliphatic carbocycles. The zero-order valence-electron chi connectivity index (χ0n) is 11.9. The molecule has 4 nitrogen and oxygen atoms in total. The Morgan fingerprint density at radius 2 is 1.43 bits per heavy atom. The van der Waals surface area contributed by atoms with Crippen molar-refractivity contribution in [1.29, 1.82) is 0 Å². The number of hydrogen-bond acceptors (Lipinski definition) is 3. The molecule has 23 heavy (non-hydrogen) atoms. The van der Waals surface area contributed by atoms with E-state index in [0.717, 1.165) is 0 Å². The van der Waals surface area contributed by atoms with Crippen molar-refractivity contribution in [3.8, 4) is 0 Å². The first-order chi connectivity index (χ1) is 10.5. The number of halogens is 6. The molecule has 10 heteroatoms. The smallest absolute Gasteiger partial charge is 0.259 e. The number of allylic oxidation sites excluding steroid dienone is 2. The SMILES string of the molecule is CC[C@H](C)ON1C(=O)[C@@H]2[C@H](C1=O)[C@@]1(Cl)C(Cl)=C(Cl)[C@@]2(Cl)C1(Cl)Cl. The highest BCUT2D eigenvalue weighted by atomic mass is 35.5. The summed E-state index contributed by atoms with van der Waals surface area (Å²) in [6.45, 7) is 3.58. The van der Waals surface area contributed by atoms with E-state index in [-0.39, 0.29) is 16.2 Å². The van der Waals surface area contributed by atoms with Gasteiger partial charge >= 0.3 is 0 Å². The minimum absolute atomic E-state index is 0.117. The van der Waals surface area contributed by atoms with Crippen LogP contribution in [-0.4, -0.2) is 37.1 Å². The average Bonchev–Trinajstić information content (AvgIpc) is 2.86. The van der Waals surface area contributed by atoms with E-state index in [4.69, 9.17) is 74.4 Å². The summed E-state index contributed by atoms with van der Waals surface area (Å²) in [7, 11) is 0. The first-order valence-electron chi connectivity index (χ1n) is 6.84. The van der Waals surface area contributed by atoms with E-state index in [1.165, 1.54) is 0 Å². The number of alkyl halides is 4. The third-order valence-corrected chi connectivity index (χ3v) is 8.99. The first-order valence-corrected chi connectivity index (χ1v) is 9.11. The number of fused-ring (bicyclic) bond motifs is 5. The summed E-state index contributed by atoms with van der Waals surface area (Å²) in [5.41, 5.74) is 0. The van der Waals surface area contributed by atoms with E-state index in [9.17, 15) is 9.59 Å². The van der Waals surface area contributed by atoms with Crippen LogP contribution in [0.1, 0.15) is 20.3 Å². The third kappa shape index (κ3) is 1.82. The van der Waals surface area contributed by atoms with Crippen molar-refractivity contribution in [2.75, 3.05) is 0 Å². The van der Waals surface area contributed by atoms with Gasteiger partial charge in [-0.3, -0.25) is 14.4 Å². The fourth-order valence-corrected chi connectivity index (χ4v) is 6.26. The van der Waals surface area contributed by atoms with Gasteiger partial charge in [0.05, 0.1) is 28.0 Å². The topological polar surface area (TPSA) is 46.6 Å². The lowest BCUT2D eigenvalue weighted by Crippen LogP contribution is -2.50. The second kappa shape index (κ2) is 5.29. The van der Waals surface area contributed by atoms with Crippen molar-refractivity contribution in [2.45, 2.75) is 40.5 Å². The molecule has 1 saturated carbocycles. The van der Waals surface area contributed by atoms with Crippen molar-refractivity contribution < 1.29 is 14.4 Å². The van der Waals surface area contributed by atoms with Gasteiger partial charge in [0.25, 0.3) is 11.8 Å². The molecule has 1 saturated heterocycles. The molecule has 3 rings (SSSR count). The second-order valence-corrected chi connectivity index (χ2v) is 9.15. The maximum absolute atomic E-state index is 12.7. The Bertz CT molecular complexity index is 606. The molecule has 2 amide bonds. The minimum Gasteiger partial charge on any atom is -0.272 e. The van der Waals surface area contributed by atoms with Gasteiger partial charge in [-0.1, -0.05) is 53.3 Å². The maximum Gasteiger partial charge on any atom is 0.259 e. The molecule has 0 unspecified atom stereocenters. The van der Waals surface area contributed by atoms with Crippen LogP contribution in [0.3, 0.4) is 0 Å². The lowest BCUT2D eigenvalue weighted by Gasteiger charge is -2.34. The third-order valence-electron chi connectivity index (χ3n) is 4.73. The van der Waals surface area contributed by atoms with Gasteiger partial charge in [0.2, 0.25) is 0 Å². The number of hydrogen-bond donors (Lipinski definition) is 0. The summed E-state index contributed by atoms with van der Waals surface area (Å²) in [5.74, 6) is -3.65. The van der Waals surface area contributed by atoms with E-state index in [0.29, 0.717) is 11.5 Å². The Morgan fingerprint density at radius 3 is 1.78 bits per heavy atom. The van der Waals surface area contributed by atoms with Crippen molar-refractivity contribution in [1.82, 2.24) is 5.06 Å². The molecule has 0 radical (unpaired) electrons. The number of carbonyl (C=O) groups excluding carboxylic acids is 2. The molecule has 2 fully saturated rings. The zero-order valence-corrected chi connectivity index (χ0v) is 16.4. The summed E-state index contributed by atoms with van der Waals surface area (Å²) in [5, 5.41) is 0.447. The molecule has 0 aromatic heterocycles. The summed E-state index contributed by atoms with van der Waals surface area (Å²) in [6.07, 6.45) is 0.242. The van der Waals surface area contributed by atoms with Crippen LogP contribution in [-0.2, 0) is 14.4 Å². The highest BCUT2D eigenvalue weighted by molar-refractivity contribution is 6.66. The minimum atomic E-state index is -1.92. The van der Waals surface area contributed by atoms with Crippen molar-refractivity contribution in [2.24, 2.45) is 11.8 Å². The van der Waals surface area contributed by atoms with Gasteiger partial charge in [-0.05, 0) is 13.3 Å². The number of hydroxylamine groups is 2. The Kier molecular flexibility index (Phi) is 4.23.